The predicted octanol–water partition coefficient (Wildman–Crippen LogP) is 2.58. The van der Waals surface area contributed by atoms with E-state index in [1.807, 2.05) is 6.92 Å². The highest BCUT2D eigenvalue weighted by atomic mass is 16.3. The first-order chi connectivity index (χ1) is 7.71. The summed E-state index contributed by atoms with van der Waals surface area (Å²) in [4.78, 5) is 0. The lowest BCUT2D eigenvalue weighted by Crippen LogP contribution is -2.57. The van der Waals surface area contributed by atoms with Crippen molar-refractivity contribution < 1.29 is 10.2 Å². The van der Waals surface area contributed by atoms with Crippen molar-refractivity contribution in [1.82, 2.24) is 0 Å². The van der Waals surface area contributed by atoms with E-state index in [1.54, 1.807) is 0 Å². The molecule has 3 aliphatic carbocycles. The SMILES string of the molecule is CC1(C)[C@@H]2[C@H]1CC[C@]1(C)[C@@H](O)CC[C@](C)(O)[C@@H]21. The Bertz CT molecular complexity index is 347. The van der Waals surface area contributed by atoms with Crippen molar-refractivity contribution in [3.05, 3.63) is 0 Å². The Kier molecular flexibility index (Phi) is 2.17. The van der Waals surface area contributed by atoms with E-state index in [0.717, 1.165) is 25.2 Å². The van der Waals surface area contributed by atoms with Crippen LogP contribution in [0.4, 0.5) is 0 Å². The van der Waals surface area contributed by atoms with E-state index in [9.17, 15) is 10.2 Å². The lowest BCUT2D eigenvalue weighted by atomic mass is 9.53. The van der Waals surface area contributed by atoms with Crippen LogP contribution in [-0.4, -0.2) is 21.9 Å². The smallest absolute Gasteiger partial charge is 0.0657 e. The maximum Gasteiger partial charge on any atom is 0.0657 e. The summed E-state index contributed by atoms with van der Waals surface area (Å²) in [6, 6.07) is 0. The molecule has 0 saturated heterocycles. The summed E-state index contributed by atoms with van der Waals surface area (Å²) in [5.74, 6) is 1.68. The fraction of sp³-hybridized carbons (Fsp3) is 1.00. The molecule has 3 fully saturated rings. The van der Waals surface area contributed by atoms with Gasteiger partial charge in [-0.15, -0.1) is 0 Å². The molecule has 0 amide bonds. The molecule has 2 N–H and O–H groups in total. The molecular formula is C15H26O2. The highest BCUT2D eigenvalue weighted by Gasteiger charge is 2.71. The molecule has 2 heteroatoms. The first kappa shape index (κ1) is 12.0. The Morgan fingerprint density at radius 2 is 1.65 bits per heavy atom. The van der Waals surface area contributed by atoms with Gasteiger partial charge in [-0.25, -0.2) is 0 Å². The van der Waals surface area contributed by atoms with Crippen molar-refractivity contribution in [2.24, 2.45) is 28.6 Å². The van der Waals surface area contributed by atoms with Gasteiger partial charge >= 0.3 is 0 Å². The van der Waals surface area contributed by atoms with Crippen LogP contribution >= 0.6 is 0 Å². The minimum Gasteiger partial charge on any atom is -0.393 e. The third-order valence-corrected chi connectivity index (χ3v) is 6.56. The van der Waals surface area contributed by atoms with E-state index in [2.05, 4.69) is 20.8 Å². The van der Waals surface area contributed by atoms with Gasteiger partial charge in [0.25, 0.3) is 0 Å². The molecule has 3 aliphatic rings. The summed E-state index contributed by atoms with van der Waals surface area (Å²) in [5, 5.41) is 21.2. The molecule has 2 nitrogen and oxygen atoms in total. The van der Waals surface area contributed by atoms with Gasteiger partial charge in [0, 0.05) is 0 Å². The van der Waals surface area contributed by atoms with Crippen LogP contribution in [0.2, 0.25) is 0 Å². The molecule has 0 aromatic rings. The number of aliphatic hydroxyl groups is 2. The van der Waals surface area contributed by atoms with E-state index >= 15 is 0 Å². The van der Waals surface area contributed by atoms with Crippen LogP contribution in [0.5, 0.6) is 0 Å². The van der Waals surface area contributed by atoms with Gasteiger partial charge in [0.15, 0.2) is 0 Å². The summed E-state index contributed by atoms with van der Waals surface area (Å²) >= 11 is 0. The van der Waals surface area contributed by atoms with Gasteiger partial charge in [-0.1, -0.05) is 20.8 Å². The van der Waals surface area contributed by atoms with Crippen LogP contribution in [0, 0.1) is 28.6 Å². The monoisotopic (exact) mass is 238 g/mol. The molecule has 3 saturated carbocycles. The van der Waals surface area contributed by atoms with Gasteiger partial charge in [0.1, 0.15) is 0 Å². The van der Waals surface area contributed by atoms with Crippen LogP contribution in [-0.2, 0) is 0 Å². The average Bonchev–Trinajstić information content (AvgIpc) is 2.75. The average molecular weight is 238 g/mol. The Morgan fingerprint density at radius 1 is 1.00 bits per heavy atom. The second kappa shape index (κ2) is 3.08. The molecule has 98 valence electrons. The van der Waals surface area contributed by atoms with Gasteiger partial charge in [-0.2, -0.15) is 0 Å². The fourth-order valence-corrected chi connectivity index (χ4v) is 5.42. The third-order valence-electron chi connectivity index (χ3n) is 6.56. The molecule has 0 aromatic heterocycles. The molecule has 3 rings (SSSR count). The minimum atomic E-state index is -0.578. The topological polar surface area (TPSA) is 40.5 Å². The van der Waals surface area contributed by atoms with Crippen LogP contribution in [0.1, 0.15) is 53.4 Å². The molecule has 6 atom stereocenters. The predicted molar refractivity (Wildman–Crippen MR) is 67.5 cm³/mol. The third kappa shape index (κ3) is 1.34. The molecule has 0 bridgehead atoms. The van der Waals surface area contributed by atoms with Crippen LogP contribution in [0.3, 0.4) is 0 Å². The highest BCUT2D eigenvalue weighted by molar-refractivity contribution is 5.19. The Morgan fingerprint density at radius 3 is 2.29 bits per heavy atom. The first-order valence-electron chi connectivity index (χ1n) is 7.12. The van der Waals surface area contributed by atoms with E-state index in [4.69, 9.17) is 0 Å². The molecule has 0 heterocycles. The normalized spacial score (nSPS) is 60.4. The second-order valence-electron chi connectivity index (χ2n) is 7.89. The van der Waals surface area contributed by atoms with Gasteiger partial charge in [-0.3, -0.25) is 0 Å². The molecule has 0 unspecified atom stereocenters. The van der Waals surface area contributed by atoms with Crippen molar-refractivity contribution >= 4 is 0 Å². The van der Waals surface area contributed by atoms with Crippen molar-refractivity contribution in [1.29, 1.82) is 0 Å². The molecule has 0 aliphatic heterocycles. The van der Waals surface area contributed by atoms with Gasteiger partial charge in [0.05, 0.1) is 11.7 Å². The van der Waals surface area contributed by atoms with Crippen LogP contribution in [0.15, 0.2) is 0 Å². The molecule has 0 spiro atoms. The second-order valence-corrected chi connectivity index (χ2v) is 7.89. The zero-order chi connectivity index (χ0) is 12.6. The number of hydrogen-bond donors (Lipinski definition) is 2. The van der Waals surface area contributed by atoms with Crippen LogP contribution < -0.4 is 0 Å². The molecule has 0 radical (unpaired) electrons. The highest BCUT2D eigenvalue weighted by Crippen LogP contribution is 2.74. The number of aliphatic hydroxyl groups excluding tert-OH is 1. The standard InChI is InChI=1S/C15H26O2/c1-13(2)9-5-7-14(3)10(16)6-8-15(4,17)12(14)11(9)13/h9-12,16-17H,5-8H2,1-4H3/t9-,10+,11-,12+,14-,15+/m1/s1. The van der Waals surface area contributed by atoms with Crippen molar-refractivity contribution in [3.63, 3.8) is 0 Å². The summed E-state index contributed by atoms with van der Waals surface area (Å²) in [5.41, 5.74) is -0.259. The number of rotatable bonds is 0. The minimum absolute atomic E-state index is 0.0588. The molecule has 0 aromatic carbocycles. The maximum atomic E-state index is 10.8. The van der Waals surface area contributed by atoms with Gasteiger partial charge in [-0.05, 0) is 61.2 Å². The van der Waals surface area contributed by atoms with E-state index < -0.39 is 5.60 Å². The number of fused-ring (bicyclic) bond motifs is 3. The Labute approximate surface area is 104 Å². The molecule has 17 heavy (non-hydrogen) atoms. The van der Waals surface area contributed by atoms with Crippen molar-refractivity contribution in [2.45, 2.75) is 65.1 Å². The Hall–Kier alpha value is -0.0800. The van der Waals surface area contributed by atoms with E-state index in [1.165, 1.54) is 6.42 Å². The summed E-state index contributed by atoms with van der Waals surface area (Å²) in [6.07, 6.45) is 3.62. The van der Waals surface area contributed by atoms with Gasteiger partial charge < -0.3 is 10.2 Å². The maximum absolute atomic E-state index is 10.8. The molecular weight excluding hydrogens is 212 g/mol. The van der Waals surface area contributed by atoms with Crippen LogP contribution in [0.25, 0.3) is 0 Å². The lowest BCUT2D eigenvalue weighted by molar-refractivity contribution is -0.173. The summed E-state index contributed by atoms with van der Waals surface area (Å²) in [7, 11) is 0. The van der Waals surface area contributed by atoms with E-state index in [0.29, 0.717) is 11.3 Å². The summed E-state index contributed by atoms with van der Waals surface area (Å²) < 4.78 is 0. The van der Waals surface area contributed by atoms with Crippen molar-refractivity contribution in [2.75, 3.05) is 0 Å². The largest absolute Gasteiger partial charge is 0.393 e. The van der Waals surface area contributed by atoms with Gasteiger partial charge in [0.2, 0.25) is 0 Å². The number of hydrogen-bond acceptors (Lipinski definition) is 2. The zero-order valence-electron chi connectivity index (χ0n) is 11.5. The zero-order valence-corrected chi connectivity index (χ0v) is 11.5. The quantitative estimate of drug-likeness (QED) is 0.681. The first-order valence-corrected chi connectivity index (χ1v) is 7.12. The summed E-state index contributed by atoms with van der Waals surface area (Å²) in [6.45, 7) is 8.88. The fourth-order valence-electron chi connectivity index (χ4n) is 5.42. The lowest BCUT2D eigenvalue weighted by Gasteiger charge is -2.55. The Balaban J connectivity index is 2.01. The van der Waals surface area contributed by atoms with Crippen molar-refractivity contribution in [3.8, 4) is 0 Å². The van der Waals surface area contributed by atoms with E-state index in [-0.39, 0.29) is 17.4 Å².